The summed E-state index contributed by atoms with van der Waals surface area (Å²) in [4.78, 5) is 33.0. The molecule has 7 nitrogen and oxygen atoms in total. The van der Waals surface area contributed by atoms with Crippen LogP contribution in [0.2, 0.25) is 0 Å². The van der Waals surface area contributed by atoms with Crippen molar-refractivity contribution in [2.24, 2.45) is 5.92 Å². The Morgan fingerprint density at radius 3 is 1.89 bits per heavy atom. The smallest absolute Gasteiger partial charge is 0.314 e. The molecule has 4 amide bonds. The summed E-state index contributed by atoms with van der Waals surface area (Å²) in [6, 6.07) is -0.305. The average molecular weight is 256 g/mol. The summed E-state index contributed by atoms with van der Waals surface area (Å²) < 4.78 is 0. The van der Waals surface area contributed by atoms with Gasteiger partial charge >= 0.3 is 6.03 Å². The van der Waals surface area contributed by atoms with E-state index in [1.807, 2.05) is 0 Å². The maximum absolute atomic E-state index is 11.2. The zero-order valence-corrected chi connectivity index (χ0v) is 10.5. The van der Waals surface area contributed by atoms with E-state index in [0.29, 0.717) is 26.2 Å². The van der Waals surface area contributed by atoms with Crippen molar-refractivity contribution in [2.75, 3.05) is 26.2 Å². The number of hydrogen-bond acceptors (Lipinski definition) is 3. The van der Waals surface area contributed by atoms with Gasteiger partial charge in [-0.3, -0.25) is 9.59 Å². The molecule has 1 fully saturated rings. The van der Waals surface area contributed by atoms with Crippen LogP contribution < -0.4 is 21.3 Å². The lowest BCUT2D eigenvalue weighted by Gasteiger charge is -2.08. The van der Waals surface area contributed by atoms with Crippen LogP contribution in [-0.2, 0) is 9.59 Å². The van der Waals surface area contributed by atoms with Crippen molar-refractivity contribution in [1.29, 1.82) is 0 Å². The lowest BCUT2D eigenvalue weighted by Crippen LogP contribution is -2.42. The number of amides is 4. The molecule has 0 heterocycles. The molecule has 1 saturated carbocycles. The van der Waals surface area contributed by atoms with Crippen molar-refractivity contribution in [3.63, 3.8) is 0 Å². The number of urea groups is 1. The van der Waals surface area contributed by atoms with Crippen LogP contribution in [0.1, 0.15) is 19.8 Å². The van der Waals surface area contributed by atoms with Crippen molar-refractivity contribution < 1.29 is 14.4 Å². The number of carbonyl (C=O) groups is 3. The van der Waals surface area contributed by atoms with Gasteiger partial charge in [-0.25, -0.2) is 4.79 Å². The predicted octanol–water partition coefficient (Wildman–Crippen LogP) is -1.05. The van der Waals surface area contributed by atoms with Gasteiger partial charge in [0.2, 0.25) is 11.8 Å². The molecule has 0 bridgehead atoms. The summed E-state index contributed by atoms with van der Waals surface area (Å²) in [5, 5.41) is 10.5. The van der Waals surface area contributed by atoms with Crippen molar-refractivity contribution in [3.05, 3.63) is 0 Å². The van der Waals surface area contributed by atoms with E-state index >= 15 is 0 Å². The second-order valence-electron chi connectivity index (χ2n) is 4.23. The Balaban J connectivity index is 1.89. The molecule has 0 spiro atoms. The predicted molar refractivity (Wildman–Crippen MR) is 65.8 cm³/mol. The second-order valence-corrected chi connectivity index (χ2v) is 4.23. The minimum absolute atomic E-state index is 0.0721. The van der Waals surface area contributed by atoms with Crippen LogP contribution in [0.4, 0.5) is 4.79 Å². The van der Waals surface area contributed by atoms with E-state index in [1.54, 1.807) is 0 Å². The first-order valence-corrected chi connectivity index (χ1v) is 6.13. The van der Waals surface area contributed by atoms with Crippen molar-refractivity contribution in [1.82, 2.24) is 21.3 Å². The molecule has 0 aromatic heterocycles. The molecule has 0 saturated heterocycles. The molecule has 102 valence electrons. The highest BCUT2D eigenvalue weighted by Crippen LogP contribution is 2.28. The van der Waals surface area contributed by atoms with Gasteiger partial charge in [-0.1, -0.05) is 0 Å². The lowest BCUT2D eigenvalue weighted by atomic mass is 10.4. The van der Waals surface area contributed by atoms with E-state index in [2.05, 4.69) is 21.3 Å². The summed E-state index contributed by atoms with van der Waals surface area (Å²) in [7, 11) is 0. The number of nitrogens with one attached hydrogen (secondary N) is 4. The van der Waals surface area contributed by atoms with Crippen LogP contribution in [0.5, 0.6) is 0 Å². The fourth-order valence-electron chi connectivity index (χ4n) is 1.33. The first kappa shape index (κ1) is 14.3. The van der Waals surface area contributed by atoms with Gasteiger partial charge in [0.05, 0.1) is 0 Å². The molecule has 1 rings (SSSR count). The third-order valence-corrected chi connectivity index (χ3v) is 2.44. The molecule has 0 aromatic rings. The molecule has 0 unspecified atom stereocenters. The first-order chi connectivity index (χ1) is 8.59. The molecular formula is C11H20N4O3. The van der Waals surface area contributed by atoms with Crippen LogP contribution in [0.3, 0.4) is 0 Å². The normalized spacial score (nSPS) is 13.6. The second kappa shape index (κ2) is 7.52. The molecular weight excluding hydrogens is 236 g/mol. The Labute approximate surface area is 106 Å². The standard InChI is InChI=1S/C11H20N4O3/c1-8(16)12-4-6-14-11(18)15-7-5-13-10(17)9-2-3-9/h9H,2-7H2,1H3,(H,12,16)(H,13,17)(H2,14,15,18). The van der Waals surface area contributed by atoms with Crippen LogP contribution in [-0.4, -0.2) is 44.0 Å². The van der Waals surface area contributed by atoms with Crippen LogP contribution >= 0.6 is 0 Å². The fraction of sp³-hybridized carbons (Fsp3) is 0.727. The fourth-order valence-corrected chi connectivity index (χ4v) is 1.33. The van der Waals surface area contributed by atoms with Gasteiger partial charge in [-0.15, -0.1) is 0 Å². The van der Waals surface area contributed by atoms with Crippen molar-refractivity contribution in [2.45, 2.75) is 19.8 Å². The van der Waals surface area contributed by atoms with Crippen LogP contribution in [0.15, 0.2) is 0 Å². The summed E-state index contributed by atoms with van der Waals surface area (Å²) in [5.74, 6) is 0.138. The lowest BCUT2D eigenvalue weighted by molar-refractivity contribution is -0.122. The SMILES string of the molecule is CC(=O)NCCNC(=O)NCCNC(=O)C1CC1. The Kier molecular flexibility index (Phi) is 5.96. The number of rotatable bonds is 7. The minimum atomic E-state index is -0.305. The van der Waals surface area contributed by atoms with E-state index in [1.165, 1.54) is 6.92 Å². The Morgan fingerprint density at radius 1 is 0.889 bits per heavy atom. The van der Waals surface area contributed by atoms with Gasteiger partial charge < -0.3 is 21.3 Å². The van der Waals surface area contributed by atoms with E-state index < -0.39 is 0 Å². The van der Waals surface area contributed by atoms with E-state index in [4.69, 9.17) is 0 Å². The first-order valence-electron chi connectivity index (χ1n) is 6.13. The minimum Gasteiger partial charge on any atom is -0.355 e. The molecule has 18 heavy (non-hydrogen) atoms. The van der Waals surface area contributed by atoms with E-state index in [-0.39, 0.29) is 23.8 Å². The Hall–Kier alpha value is -1.79. The summed E-state index contributed by atoms with van der Waals surface area (Å²) in [5.41, 5.74) is 0. The van der Waals surface area contributed by atoms with E-state index in [9.17, 15) is 14.4 Å². The van der Waals surface area contributed by atoms with Gasteiger partial charge in [0, 0.05) is 39.0 Å². The summed E-state index contributed by atoms with van der Waals surface area (Å²) >= 11 is 0. The van der Waals surface area contributed by atoms with Gasteiger partial charge in [-0.2, -0.15) is 0 Å². The largest absolute Gasteiger partial charge is 0.355 e. The molecule has 1 aliphatic rings. The monoisotopic (exact) mass is 256 g/mol. The van der Waals surface area contributed by atoms with Gasteiger partial charge in [-0.05, 0) is 12.8 Å². The highest BCUT2D eigenvalue weighted by atomic mass is 16.2. The maximum atomic E-state index is 11.2. The van der Waals surface area contributed by atoms with Crippen LogP contribution in [0, 0.1) is 5.92 Å². The maximum Gasteiger partial charge on any atom is 0.314 e. The van der Waals surface area contributed by atoms with Crippen molar-refractivity contribution >= 4 is 17.8 Å². The van der Waals surface area contributed by atoms with E-state index in [0.717, 1.165) is 12.8 Å². The van der Waals surface area contributed by atoms with Crippen molar-refractivity contribution in [3.8, 4) is 0 Å². The molecule has 0 aliphatic heterocycles. The molecule has 7 heteroatoms. The highest BCUT2D eigenvalue weighted by molar-refractivity contribution is 5.80. The molecule has 1 aliphatic carbocycles. The zero-order chi connectivity index (χ0) is 13.4. The third-order valence-electron chi connectivity index (χ3n) is 2.44. The van der Waals surface area contributed by atoms with Gasteiger partial charge in [0.1, 0.15) is 0 Å². The average Bonchev–Trinajstić information content (AvgIpc) is 3.13. The third kappa shape index (κ3) is 6.72. The quantitative estimate of drug-likeness (QED) is 0.437. The molecule has 0 radical (unpaired) electrons. The Morgan fingerprint density at radius 2 is 1.39 bits per heavy atom. The van der Waals surface area contributed by atoms with Gasteiger partial charge in [0.25, 0.3) is 0 Å². The molecule has 0 atom stereocenters. The van der Waals surface area contributed by atoms with Gasteiger partial charge in [0.15, 0.2) is 0 Å². The van der Waals surface area contributed by atoms with Crippen LogP contribution in [0.25, 0.3) is 0 Å². The molecule has 4 N–H and O–H groups in total. The summed E-state index contributed by atoms with van der Waals surface area (Å²) in [6.07, 6.45) is 1.95. The Bertz CT molecular complexity index is 315. The number of carbonyl (C=O) groups excluding carboxylic acids is 3. The highest BCUT2D eigenvalue weighted by Gasteiger charge is 2.28. The number of hydrogen-bond donors (Lipinski definition) is 4. The summed E-state index contributed by atoms with van der Waals surface area (Å²) in [6.45, 7) is 3.03. The molecule has 0 aromatic carbocycles. The topological polar surface area (TPSA) is 99.3 Å². The zero-order valence-electron chi connectivity index (χ0n) is 10.5.